The molecule has 2 heterocycles. The Kier molecular flexibility index (Phi) is 3.79. The molecule has 1 saturated carbocycles. The number of benzene rings is 1. The minimum Gasteiger partial charge on any atom is -0.355 e. The average Bonchev–Trinajstić information content (AvgIpc) is 3.32. The summed E-state index contributed by atoms with van der Waals surface area (Å²) >= 11 is 0. The summed E-state index contributed by atoms with van der Waals surface area (Å²) < 4.78 is 0. The lowest BCUT2D eigenvalue weighted by Gasteiger charge is -2.33. The van der Waals surface area contributed by atoms with E-state index in [0.29, 0.717) is 0 Å². The fourth-order valence-corrected chi connectivity index (χ4v) is 3.67. The quantitative estimate of drug-likeness (QED) is 0.908. The predicted molar refractivity (Wildman–Crippen MR) is 94.1 cm³/mol. The summed E-state index contributed by atoms with van der Waals surface area (Å²) in [4.78, 5) is 15.1. The van der Waals surface area contributed by atoms with Gasteiger partial charge >= 0.3 is 0 Å². The van der Waals surface area contributed by atoms with Crippen LogP contribution in [0.5, 0.6) is 0 Å². The number of rotatable bonds is 4. The van der Waals surface area contributed by atoms with Crippen LogP contribution in [0.2, 0.25) is 0 Å². The molecule has 2 aromatic rings. The zero-order valence-electron chi connectivity index (χ0n) is 14.1. The van der Waals surface area contributed by atoms with Gasteiger partial charge in [0.1, 0.15) is 0 Å². The molecule has 1 saturated heterocycles. The largest absolute Gasteiger partial charge is 0.355 e. The van der Waals surface area contributed by atoms with Crippen molar-refractivity contribution in [1.82, 2.24) is 15.5 Å². The maximum Gasteiger partial charge on any atom is 0.230 e. The van der Waals surface area contributed by atoms with Crippen LogP contribution in [0.1, 0.15) is 36.9 Å². The molecular weight excluding hydrogens is 300 g/mol. The number of carbonyl (C=O) groups is 1. The maximum atomic E-state index is 12.8. The molecule has 1 aromatic carbocycles. The van der Waals surface area contributed by atoms with Crippen LogP contribution in [0, 0.1) is 6.92 Å². The van der Waals surface area contributed by atoms with Gasteiger partial charge in [0, 0.05) is 30.9 Å². The van der Waals surface area contributed by atoms with E-state index in [-0.39, 0.29) is 17.4 Å². The molecule has 4 rings (SSSR count). The first-order valence-electron chi connectivity index (χ1n) is 8.81. The monoisotopic (exact) mass is 324 g/mol. The lowest BCUT2D eigenvalue weighted by molar-refractivity contribution is -0.124. The molecule has 5 nitrogen and oxygen atoms in total. The van der Waals surface area contributed by atoms with Crippen LogP contribution in [0.25, 0.3) is 0 Å². The number of anilines is 1. The molecule has 24 heavy (non-hydrogen) atoms. The fraction of sp³-hybridized carbons (Fsp3) is 0.474. The van der Waals surface area contributed by atoms with Crippen LogP contribution < -0.4 is 10.2 Å². The SMILES string of the molecule is Cc1cc(N2CCC(NC(=O)C3(c4ccccc4)CC3)CC2)n[nH]1. The molecule has 0 spiro atoms. The smallest absolute Gasteiger partial charge is 0.230 e. The van der Waals surface area contributed by atoms with E-state index in [0.717, 1.165) is 55.8 Å². The molecule has 2 aliphatic rings. The molecule has 1 aromatic heterocycles. The Labute approximate surface area is 142 Å². The molecule has 0 bridgehead atoms. The molecule has 0 unspecified atom stereocenters. The zero-order chi connectivity index (χ0) is 16.6. The van der Waals surface area contributed by atoms with Crippen molar-refractivity contribution in [2.75, 3.05) is 18.0 Å². The van der Waals surface area contributed by atoms with Crippen molar-refractivity contribution in [1.29, 1.82) is 0 Å². The van der Waals surface area contributed by atoms with Gasteiger partial charge in [-0.15, -0.1) is 0 Å². The van der Waals surface area contributed by atoms with Gasteiger partial charge in [-0.05, 0) is 38.2 Å². The lowest BCUT2D eigenvalue weighted by atomic mass is 9.94. The second-order valence-corrected chi connectivity index (χ2v) is 7.09. The first kappa shape index (κ1) is 15.2. The highest BCUT2D eigenvalue weighted by Crippen LogP contribution is 2.48. The Morgan fingerprint density at radius 3 is 2.54 bits per heavy atom. The molecule has 2 N–H and O–H groups in total. The van der Waals surface area contributed by atoms with Gasteiger partial charge in [0.15, 0.2) is 5.82 Å². The fourth-order valence-electron chi connectivity index (χ4n) is 3.67. The van der Waals surface area contributed by atoms with Gasteiger partial charge in [-0.25, -0.2) is 0 Å². The normalized spacial score (nSPS) is 20.0. The van der Waals surface area contributed by atoms with Crippen molar-refractivity contribution in [3.8, 4) is 0 Å². The highest BCUT2D eigenvalue weighted by Gasteiger charge is 2.51. The molecule has 126 valence electrons. The molecule has 1 amide bonds. The Hall–Kier alpha value is -2.30. The van der Waals surface area contributed by atoms with Gasteiger partial charge in [0.2, 0.25) is 5.91 Å². The van der Waals surface area contributed by atoms with Crippen LogP contribution in [0.3, 0.4) is 0 Å². The molecule has 5 heteroatoms. The average molecular weight is 324 g/mol. The summed E-state index contributed by atoms with van der Waals surface area (Å²) in [6.07, 6.45) is 3.88. The Balaban J connectivity index is 1.35. The second kappa shape index (κ2) is 5.96. The molecule has 0 radical (unpaired) electrons. The van der Waals surface area contributed by atoms with E-state index in [1.165, 1.54) is 0 Å². The second-order valence-electron chi connectivity index (χ2n) is 7.09. The summed E-state index contributed by atoms with van der Waals surface area (Å²) in [7, 11) is 0. The van der Waals surface area contributed by atoms with Gasteiger partial charge in [-0.3, -0.25) is 9.89 Å². The minimum atomic E-state index is -0.266. The first-order valence-corrected chi connectivity index (χ1v) is 8.81. The van der Waals surface area contributed by atoms with Gasteiger partial charge < -0.3 is 10.2 Å². The number of piperidine rings is 1. The van der Waals surface area contributed by atoms with Crippen LogP contribution in [-0.2, 0) is 10.2 Å². The maximum absolute atomic E-state index is 12.8. The molecule has 2 fully saturated rings. The highest BCUT2D eigenvalue weighted by atomic mass is 16.2. The number of aromatic nitrogens is 2. The van der Waals surface area contributed by atoms with Crippen LogP contribution in [0.4, 0.5) is 5.82 Å². The minimum absolute atomic E-state index is 0.211. The number of amides is 1. The highest BCUT2D eigenvalue weighted by molar-refractivity contribution is 5.91. The third-order valence-corrected chi connectivity index (χ3v) is 5.36. The number of H-pyrrole nitrogens is 1. The number of aromatic amines is 1. The van der Waals surface area contributed by atoms with Crippen molar-refractivity contribution in [3.05, 3.63) is 47.7 Å². The third-order valence-electron chi connectivity index (χ3n) is 5.36. The van der Waals surface area contributed by atoms with E-state index in [1.54, 1.807) is 0 Å². The third kappa shape index (κ3) is 2.79. The molecular formula is C19H24N4O. The van der Waals surface area contributed by atoms with E-state index < -0.39 is 0 Å². The summed E-state index contributed by atoms with van der Waals surface area (Å²) in [5, 5.41) is 10.6. The summed E-state index contributed by atoms with van der Waals surface area (Å²) in [6, 6.07) is 12.6. The van der Waals surface area contributed by atoms with E-state index in [4.69, 9.17) is 0 Å². The number of carbonyl (C=O) groups excluding carboxylic acids is 1. The molecule has 1 aliphatic heterocycles. The van der Waals surface area contributed by atoms with Crippen molar-refractivity contribution in [3.63, 3.8) is 0 Å². The number of hydrogen-bond donors (Lipinski definition) is 2. The summed E-state index contributed by atoms with van der Waals surface area (Å²) in [6.45, 7) is 3.89. The van der Waals surface area contributed by atoms with E-state index >= 15 is 0 Å². The van der Waals surface area contributed by atoms with E-state index in [1.807, 2.05) is 25.1 Å². The predicted octanol–water partition coefficient (Wildman–Crippen LogP) is 2.53. The summed E-state index contributed by atoms with van der Waals surface area (Å²) in [5.41, 5.74) is 1.98. The van der Waals surface area contributed by atoms with Crippen LogP contribution in [-0.4, -0.2) is 35.2 Å². The van der Waals surface area contributed by atoms with Crippen molar-refractivity contribution < 1.29 is 4.79 Å². The van der Waals surface area contributed by atoms with E-state index in [9.17, 15) is 4.79 Å². The lowest BCUT2D eigenvalue weighted by Crippen LogP contribution is -2.47. The van der Waals surface area contributed by atoms with Crippen LogP contribution >= 0.6 is 0 Å². The Morgan fingerprint density at radius 2 is 1.96 bits per heavy atom. The van der Waals surface area contributed by atoms with Gasteiger partial charge in [0.25, 0.3) is 0 Å². The number of nitrogens with one attached hydrogen (secondary N) is 2. The van der Waals surface area contributed by atoms with Crippen molar-refractivity contribution in [2.45, 2.75) is 44.1 Å². The Morgan fingerprint density at radius 1 is 1.25 bits per heavy atom. The Bertz CT molecular complexity index is 712. The standard InChI is InChI=1S/C19H24N4O/c1-14-13-17(22-21-14)23-11-7-16(8-12-23)20-18(24)19(9-10-19)15-5-3-2-4-6-15/h2-6,13,16H,7-12H2,1H3,(H,20,24)(H,21,22). The van der Waals surface area contributed by atoms with Crippen molar-refractivity contribution >= 4 is 11.7 Å². The van der Waals surface area contributed by atoms with Crippen LogP contribution in [0.15, 0.2) is 36.4 Å². The van der Waals surface area contributed by atoms with Gasteiger partial charge in [-0.2, -0.15) is 5.10 Å². The van der Waals surface area contributed by atoms with E-state index in [2.05, 4.69) is 38.6 Å². The zero-order valence-corrected chi connectivity index (χ0v) is 14.1. The van der Waals surface area contributed by atoms with Gasteiger partial charge in [0.05, 0.1) is 5.41 Å². The number of nitrogens with zero attached hydrogens (tertiary/aromatic N) is 2. The first-order chi connectivity index (χ1) is 11.7. The molecule has 0 atom stereocenters. The van der Waals surface area contributed by atoms with Crippen molar-refractivity contribution in [2.24, 2.45) is 0 Å². The topological polar surface area (TPSA) is 61.0 Å². The summed E-state index contributed by atoms with van der Waals surface area (Å²) in [5.74, 6) is 1.22. The number of hydrogen-bond acceptors (Lipinski definition) is 3. The van der Waals surface area contributed by atoms with Gasteiger partial charge in [-0.1, -0.05) is 30.3 Å². The number of aryl methyl sites for hydroxylation is 1. The molecule has 1 aliphatic carbocycles.